The Morgan fingerprint density at radius 1 is 1.46 bits per heavy atom. The molecule has 2 saturated heterocycles. The molecule has 1 saturated carbocycles. The van der Waals surface area contributed by atoms with Gasteiger partial charge in [0.2, 0.25) is 5.91 Å². The molecule has 24 heavy (non-hydrogen) atoms. The Balaban J connectivity index is 1.78. The molecule has 0 bridgehead atoms. The van der Waals surface area contributed by atoms with Crippen molar-refractivity contribution < 1.29 is 19.0 Å². The lowest BCUT2D eigenvalue weighted by molar-refractivity contribution is -0.123. The SMILES string of the molecule is CO[C@@H]1[C@H](NC(=O)CCl)CC[C@]2(CO2)[C@H]1[C@@]1(C)O[C@@H]1CC=C(C)C. The molecule has 6 heteroatoms. The summed E-state index contributed by atoms with van der Waals surface area (Å²) in [6, 6.07) is -0.0498. The minimum Gasteiger partial charge on any atom is -0.379 e. The Labute approximate surface area is 149 Å². The molecule has 3 fully saturated rings. The number of hydrogen-bond donors (Lipinski definition) is 1. The van der Waals surface area contributed by atoms with Crippen LogP contribution in [0.3, 0.4) is 0 Å². The maximum Gasteiger partial charge on any atom is 0.235 e. The molecule has 3 aliphatic rings. The summed E-state index contributed by atoms with van der Waals surface area (Å²) in [5.74, 6) is -0.0750. The first-order chi connectivity index (χ1) is 11.4. The number of halogens is 1. The van der Waals surface area contributed by atoms with E-state index in [-0.39, 0.29) is 47.2 Å². The highest BCUT2D eigenvalue weighted by molar-refractivity contribution is 6.27. The van der Waals surface area contributed by atoms with Gasteiger partial charge in [-0.15, -0.1) is 11.6 Å². The predicted molar refractivity (Wildman–Crippen MR) is 92.2 cm³/mol. The Kier molecular flexibility index (Phi) is 5.00. The van der Waals surface area contributed by atoms with E-state index in [2.05, 4.69) is 32.2 Å². The van der Waals surface area contributed by atoms with Crippen molar-refractivity contribution in [3.63, 3.8) is 0 Å². The van der Waals surface area contributed by atoms with Crippen LogP contribution in [-0.2, 0) is 19.0 Å². The summed E-state index contributed by atoms with van der Waals surface area (Å²) in [5, 5.41) is 3.01. The maximum atomic E-state index is 11.8. The van der Waals surface area contributed by atoms with Crippen LogP contribution in [0.4, 0.5) is 0 Å². The molecular weight excluding hydrogens is 330 g/mol. The van der Waals surface area contributed by atoms with Gasteiger partial charge in [0.05, 0.1) is 30.5 Å². The van der Waals surface area contributed by atoms with E-state index >= 15 is 0 Å². The number of nitrogens with one attached hydrogen (secondary N) is 1. The van der Waals surface area contributed by atoms with Gasteiger partial charge in [0.25, 0.3) is 0 Å². The van der Waals surface area contributed by atoms with Crippen molar-refractivity contribution in [2.24, 2.45) is 5.92 Å². The van der Waals surface area contributed by atoms with Gasteiger partial charge in [0.1, 0.15) is 11.5 Å². The summed E-state index contributed by atoms with van der Waals surface area (Å²) in [7, 11) is 1.70. The zero-order valence-corrected chi connectivity index (χ0v) is 15.7. The lowest BCUT2D eigenvalue weighted by Gasteiger charge is -2.43. The van der Waals surface area contributed by atoms with Crippen LogP contribution in [0.2, 0.25) is 0 Å². The van der Waals surface area contributed by atoms with Gasteiger partial charge in [0.15, 0.2) is 0 Å². The van der Waals surface area contributed by atoms with Gasteiger partial charge in [-0.1, -0.05) is 11.6 Å². The summed E-state index contributed by atoms with van der Waals surface area (Å²) >= 11 is 5.65. The molecule has 0 aromatic carbocycles. The first kappa shape index (κ1) is 18.2. The fourth-order valence-electron chi connectivity index (χ4n) is 4.39. The van der Waals surface area contributed by atoms with Crippen LogP contribution in [0.25, 0.3) is 0 Å². The summed E-state index contributed by atoms with van der Waals surface area (Å²) < 4.78 is 17.9. The minimum absolute atomic E-state index is 0.0315. The molecule has 5 nitrogen and oxygen atoms in total. The quantitative estimate of drug-likeness (QED) is 0.450. The second-order valence-corrected chi connectivity index (χ2v) is 7.95. The van der Waals surface area contributed by atoms with Gasteiger partial charge in [-0.3, -0.25) is 4.79 Å². The third-order valence-electron chi connectivity index (χ3n) is 5.76. The topological polar surface area (TPSA) is 63.4 Å². The highest BCUT2D eigenvalue weighted by Crippen LogP contribution is 2.59. The average Bonchev–Trinajstić information content (AvgIpc) is 3.45. The standard InChI is InChI=1S/C18H28ClNO4/c1-11(2)5-6-13-17(3,24-13)16-15(22-4)12(20-14(21)9-19)7-8-18(16)10-23-18/h5,12-13,15-16H,6-10H2,1-4H3,(H,20,21)/t12-,13-,15-,16-,17+,18+/m1/s1. The average molecular weight is 358 g/mol. The van der Waals surface area contributed by atoms with Gasteiger partial charge in [-0.05, 0) is 40.0 Å². The molecular formula is C18H28ClNO4. The smallest absolute Gasteiger partial charge is 0.235 e. The van der Waals surface area contributed by atoms with Crippen LogP contribution in [-0.4, -0.2) is 55.0 Å². The number of rotatable bonds is 6. The molecule has 0 aromatic rings. The number of epoxide rings is 2. The van der Waals surface area contributed by atoms with Gasteiger partial charge < -0.3 is 19.5 Å². The Hall–Kier alpha value is -0.620. The van der Waals surface area contributed by atoms with Crippen LogP contribution >= 0.6 is 11.6 Å². The second-order valence-electron chi connectivity index (χ2n) is 7.69. The van der Waals surface area contributed by atoms with E-state index < -0.39 is 0 Å². The number of hydrogen-bond acceptors (Lipinski definition) is 4. The summed E-state index contributed by atoms with van der Waals surface area (Å²) in [4.78, 5) is 11.8. The van der Waals surface area contributed by atoms with Crippen molar-refractivity contribution >= 4 is 17.5 Å². The molecule has 6 atom stereocenters. The number of carbonyl (C=O) groups is 1. The zero-order chi connectivity index (χ0) is 17.5. The third-order valence-corrected chi connectivity index (χ3v) is 6.00. The molecule has 2 aliphatic heterocycles. The van der Waals surface area contributed by atoms with Crippen LogP contribution < -0.4 is 5.32 Å². The fraction of sp³-hybridized carbons (Fsp3) is 0.833. The first-order valence-electron chi connectivity index (χ1n) is 8.69. The van der Waals surface area contributed by atoms with Crippen molar-refractivity contribution in [2.75, 3.05) is 19.6 Å². The van der Waals surface area contributed by atoms with Crippen LogP contribution in [0, 0.1) is 5.92 Å². The number of ether oxygens (including phenoxy) is 3. The zero-order valence-electron chi connectivity index (χ0n) is 14.9. The Bertz CT molecular complexity index is 529. The molecule has 0 radical (unpaired) electrons. The Morgan fingerprint density at radius 2 is 2.17 bits per heavy atom. The normalized spacial score (nSPS) is 43.4. The summed E-state index contributed by atoms with van der Waals surface area (Å²) in [6.45, 7) is 7.10. The third kappa shape index (κ3) is 3.24. The van der Waals surface area contributed by atoms with E-state index in [9.17, 15) is 4.79 Å². The monoisotopic (exact) mass is 357 g/mol. The number of methoxy groups -OCH3 is 1. The lowest BCUT2D eigenvalue weighted by Crippen LogP contribution is -2.59. The van der Waals surface area contributed by atoms with E-state index in [1.165, 1.54) is 5.57 Å². The van der Waals surface area contributed by atoms with Gasteiger partial charge >= 0.3 is 0 Å². The molecule has 136 valence electrons. The van der Waals surface area contributed by atoms with Gasteiger partial charge in [-0.2, -0.15) is 0 Å². The number of carbonyl (C=O) groups excluding carboxylic acids is 1. The molecule has 1 aliphatic carbocycles. The van der Waals surface area contributed by atoms with Crippen LogP contribution in [0.1, 0.15) is 40.0 Å². The molecule has 2 heterocycles. The van der Waals surface area contributed by atoms with E-state index in [1.807, 2.05) is 0 Å². The summed E-state index contributed by atoms with van der Waals surface area (Å²) in [6.07, 6.45) is 4.92. The first-order valence-corrected chi connectivity index (χ1v) is 9.23. The maximum absolute atomic E-state index is 11.8. The number of allylic oxidation sites excluding steroid dienone is 1. The van der Waals surface area contributed by atoms with E-state index in [0.29, 0.717) is 0 Å². The van der Waals surface area contributed by atoms with Crippen molar-refractivity contribution in [3.05, 3.63) is 11.6 Å². The molecule has 0 aromatic heterocycles. The predicted octanol–water partition coefficient (Wildman–Crippen LogP) is 2.42. The van der Waals surface area contributed by atoms with E-state index in [0.717, 1.165) is 25.9 Å². The van der Waals surface area contributed by atoms with Gasteiger partial charge in [0, 0.05) is 13.0 Å². The molecule has 0 unspecified atom stereocenters. The van der Waals surface area contributed by atoms with Gasteiger partial charge in [-0.25, -0.2) is 0 Å². The lowest BCUT2D eigenvalue weighted by atomic mass is 9.67. The fourth-order valence-corrected chi connectivity index (χ4v) is 4.46. The van der Waals surface area contributed by atoms with Crippen molar-refractivity contribution in [1.29, 1.82) is 0 Å². The Morgan fingerprint density at radius 3 is 2.71 bits per heavy atom. The highest BCUT2D eigenvalue weighted by atomic mass is 35.5. The summed E-state index contributed by atoms with van der Waals surface area (Å²) in [5.41, 5.74) is 0.870. The van der Waals surface area contributed by atoms with Crippen molar-refractivity contribution in [2.45, 2.75) is 69.5 Å². The molecule has 1 amide bonds. The highest BCUT2D eigenvalue weighted by Gasteiger charge is 2.71. The van der Waals surface area contributed by atoms with Crippen molar-refractivity contribution in [3.8, 4) is 0 Å². The minimum atomic E-state index is -0.270. The van der Waals surface area contributed by atoms with E-state index in [4.69, 9.17) is 25.8 Å². The van der Waals surface area contributed by atoms with Crippen molar-refractivity contribution in [1.82, 2.24) is 5.32 Å². The van der Waals surface area contributed by atoms with Crippen LogP contribution in [0.5, 0.6) is 0 Å². The number of alkyl halides is 1. The van der Waals surface area contributed by atoms with E-state index in [1.54, 1.807) is 7.11 Å². The molecule has 1 N–H and O–H groups in total. The molecule has 1 spiro atoms. The second kappa shape index (κ2) is 6.60. The molecule has 3 rings (SSSR count). The largest absolute Gasteiger partial charge is 0.379 e. The number of amides is 1. The van der Waals surface area contributed by atoms with Crippen LogP contribution in [0.15, 0.2) is 11.6 Å².